The molecule has 2 N–H and O–H groups in total. The molecule has 0 spiro atoms. The first kappa shape index (κ1) is 15.6. The molecule has 2 fully saturated rings. The zero-order valence-corrected chi connectivity index (χ0v) is 12.9. The van der Waals surface area contributed by atoms with Crippen LogP contribution in [0.3, 0.4) is 0 Å². The summed E-state index contributed by atoms with van der Waals surface area (Å²) in [6, 6.07) is -0.654. The molecule has 1 atom stereocenters. The SMILES string of the molecule is CNC1(CC(=O)N2CCSCC2C(=O)O)CCCCC1. The van der Waals surface area contributed by atoms with Crippen molar-refractivity contribution in [1.82, 2.24) is 10.2 Å². The number of hydrogen-bond donors (Lipinski definition) is 2. The number of carbonyl (C=O) groups is 2. The van der Waals surface area contributed by atoms with Gasteiger partial charge in [0.15, 0.2) is 0 Å². The zero-order valence-electron chi connectivity index (χ0n) is 12.1. The van der Waals surface area contributed by atoms with Gasteiger partial charge in [-0.1, -0.05) is 19.3 Å². The first-order valence-electron chi connectivity index (χ1n) is 7.37. The summed E-state index contributed by atoms with van der Waals surface area (Å²) < 4.78 is 0. The van der Waals surface area contributed by atoms with Crippen LogP contribution in [0, 0.1) is 0 Å². The van der Waals surface area contributed by atoms with Crippen LogP contribution in [-0.2, 0) is 9.59 Å². The lowest BCUT2D eigenvalue weighted by atomic mass is 9.79. The van der Waals surface area contributed by atoms with Crippen molar-refractivity contribution in [3.8, 4) is 0 Å². The number of carboxylic acids is 1. The molecule has 6 heteroatoms. The molecule has 114 valence electrons. The van der Waals surface area contributed by atoms with E-state index < -0.39 is 12.0 Å². The molecular weight excluding hydrogens is 276 g/mol. The molecule has 1 aliphatic carbocycles. The quantitative estimate of drug-likeness (QED) is 0.819. The van der Waals surface area contributed by atoms with E-state index in [2.05, 4.69) is 5.32 Å². The molecule has 0 aromatic carbocycles. The van der Waals surface area contributed by atoms with Crippen molar-refractivity contribution < 1.29 is 14.7 Å². The number of carboxylic acid groups (broad SMARTS) is 1. The second-order valence-corrected chi connectivity index (χ2v) is 6.93. The van der Waals surface area contributed by atoms with Gasteiger partial charge in [0.05, 0.1) is 0 Å². The number of thioether (sulfide) groups is 1. The lowest BCUT2D eigenvalue weighted by Crippen LogP contribution is -2.54. The highest BCUT2D eigenvalue weighted by Gasteiger charge is 2.38. The van der Waals surface area contributed by atoms with Crippen LogP contribution in [0.15, 0.2) is 0 Å². The number of amides is 1. The van der Waals surface area contributed by atoms with E-state index in [-0.39, 0.29) is 11.4 Å². The van der Waals surface area contributed by atoms with Gasteiger partial charge in [0.25, 0.3) is 0 Å². The molecular formula is C14H24N2O3S. The molecule has 0 aromatic heterocycles. The normalized spacial score (nSPS) is 26.2. The van der Waals surface area contributed by atoms with Crippen molar-refractivity contribution in [2.45, 2.75) is 50.1 Å². The van der Waals surface area contributed by atoms with Gasteiger partial charge >= 0.3 is 5.97 Å². The van der Waals surface area contributed by atoms with Gasteiger partial charge in [-0.15, -0.1) is 0 Å². The third-order valence-electron chi connectivity index (χ3n) is 4.56. The van der Waals surface area contributed by atoms with Gasteiger partial charge in [-0.25, -0.2) is 4.79 Å². The van der Waals surface area contributed by atoms with Crippen LogP contribution in [0.2, 0.25) is 0 Å². The molecule has 1 saturated carbocycles. The van der Waals surface area contributed by atoms with Crippen molar-refractivity contribution in [2.24, 2.45) is 0 Å². The van der Waals surface area contributed by atoms with Crippen LogP contribution in [0.4, 0.5) is 0 Å². The van der Waals surface area contributed by atoms with Crippen molar-refractivity contribution in [2.75, 3.05) is 25.1 Å². The van der Waals surface area contributed by atoms with Crippen LogP contribution < -0.4 is 5.32 Å². The smallest absolute Gasteiger partial charge is 0.327 e. The van der Waals surface area contributed by atoms with Crippen molar-refractivity contribution >= 4 is 23.6 Å². The highest BCUT2D eigenvalue weighted by atomic mass is 32.2. The monoisotopic (exact) mass is 300 g/mol. The first-order chi connectivity index (χ1) is 9.58. The van der Waals surface area contributed by atoms with Gasteiger partial charge < -0.3 is 15.3 Å². The highest BCUT2D eigenvalue weighted by Crippen LogP contribution is 2.32. The van der Waals surface area contributed by atoms with E-state index in [1.54, 1.807) is 16.7 Å². The van der Waals surface area contributed by atoms with Crippen molar-refractivity contribution in [3.05, 3.63) is 0 Å². The molecule has 0 bridgehead atoms. The largest absolute Gasteiger partial charge is 0.480 e. The maximum Gasteiger partial charge on any atom is 0.327 e. The lowest BCUT2D eigenvalue weighted by molar-refractivity contribution is -0.150. The average molecular weight is 300 g/mol. The van der Waals surface area contributed by atoms with Gasteiger partial charge in [0, 0.05) is 30.0 Å². The summed E-state index contributed by atoms with van der Waals surface area (Å²) in [5.41, 5.74) is -0.122. The first-order valence-corrected chi connectivity index (χ1v) is 8.52. The van der Waals surface area contributed by atoms with Gasteiger partial charge in [0.2, 0.25) is 5.91 Å². The van der Waals surface area contributed by atoms with E-state index in [1.165, 1.54) is 6.42 Å². The predicted octanol–water partition coefficient (Wildman–Crippen LogP) is 1.33. The maximum absolute atomic E-state index is 12.6. The molecule has 2 aliphatic rings. The minimum absolute atomic E-state index is 0.00560. The summed E-state index contributed by atoms with van der Waals surface area (Å²) in [7, 11) is 1.92. The van der Waals surface area contributed by atoms with Gasteiger partial charge in [-0.2, -0.15) is 11.8 Å². The molecule has 1 aliphatic heterocycles. The molecule has 0 radical (unpaired) electrons. The fourth-order valence-corrected chi connectivity index (χ4v) is 4.28. The van der Waals surface area contributed by atoms with Gasteiger partial charge in [-0.05, 0) is 19.9 Å². The van der Waals surface area contributed by atoms with Crippen molar-refractivity contribution in [3.63, 3.8) is 0 Å². The molecule has 1 saturated heterocycles. The van der Waals surface area contributed by atoms with E-state index in [1.807, 2.05) is 7.05 Å². The minimum atomic E-state index is -0.882. The summed E-state index contributed by atoms with van der Waals surface area (Å²) in [6.45, 7) is 0.556. The lowest BCUT2D eigenvalue weighted by Gasteiger charge is -2.40. The Labute approximate surface area is 124 Å². The fourth-order valence-electron chi connectivity index (χ4n) is 3.24. The van der Waals surface area contributed by atoms with Crippen LogP contribution in [0.25, 0.3) is 0 Å². The molecule has 2 rings (SSSR count). The number of hydrogen-bond acceptors (Lipinski definition) is 4. The number of aliphatic carboxylic acids is 1. The highest BCUT2D eigenvalue weighted by molar-refractivity contribution is 7.99. The average Bonchev–Trinajstić information content (AvgIpc) is 2.48. The van der Waals surface area contributed by atoms with Gasteiger partial charge in [0.1, 0.15) is 6.04 Å². The Kier molecular flexibility index (Phi) is 5.32. The Morgan fingerprint density at radius 3 is 2.65 bits per heavy atom. The molecule has 5 nitrogen and oxygen atoms in total. The topological polar surface area (TPSA) is 69.6 Å². The second-order valence-electron chi connectivity index (χ2n) is 5.78. The van der Waals surface area contributed by atoms with E-state index in [0.29, 0.717) is 18.7 Å². The Morgan fingerprint density at radius 1 is 1.35 bits per heavy atom. The molecule has 1 heterocycles. The second kappa shape index (κ2) is 6.80. The standard InChI is InChI=1S/C14H24N2O3S/c1-15-14(5-3-2-4-6-14)9-12(17)16-7-8-20-10-11(16)13(18)19/h11,15H,2-10H2,1H3,(H,18,19). The Balaban J connectivity index is 2.03. The Hall–Kier alpha value is -0.750. The van der Waals surface area contributed by atoms with Crippen LogP contribution in [0.1, 0.15) is 38.5 Å². The van der Waals surface area contributed by atoms with Crippen LogP contribution >= 0.6 is 11.8 Å². The zero-order chi connectivity index (χ0) is 14.6. The summed E-state index contributed by atoms with van der Waals surface area (Å²) in [6.07, 6.45) is 5.97. The van der Waals surface area contributed by atoms with Crippen LogP contribution in [-0.4, -0.2) is 58.6 Å². The third kappa shape index (κ3) is 3.47. The molecule has 1 unspecified atom stereocenters. The third-order valence-corrected chi connectivity index (χ3v) is 5.59. The summed E-state index contributed by atoms with van der Waals surface area (Å²) in [5, 5.41) is 12.6. The summed E-state index contributed by atoms with van der Waals surface area (Å²) in [4.78, 5) is 25.4. The van der Waals surface area contributed by atoms with Crippen molar-refractivity contribution in [1.29, 1.82) is 0 Å². The van der Waals surface area contributed by atoms with Gasteiger partial charge in [-0.3, -0.25) is 4.79 Å². The number of rotatable bonds is 4. The minimum Gasteiger partial charge on any atom is -0.480 e. The van der Waals surface area contributed by atoms with E-state index in [0.717, 1.165) is 31.4 Å². The van der Waals surface area contributed by atoms with E-state index >= 15 is 0 Å². The molecule has 20 heavy (non-hydrogen) atoms. The number of carbonyl (C=O) groups excluding carboxylic acids is 1. The Morgan fingerprint density at radius 2 is 2.05 bits per heavy atom. The van der Waals surface area contributed by atoms with Crippen LogP contribution in [0.5, 0.6) is 0 Å². The van der Waals surface area contributed by atoms with E-state index in [9.17, 15) is 14.7 Å². The molecule has 1 amide bonds. The summed E-state index contributed by atoms with van der Waals surface area (Å²) >= 11 is 1.61. The van der Waals surface area contributed by atoms with E-state index in [4.69, 9.17) is 0 Å². The number of nitrogens with zero attached hydrogens (tertiary/aromatic N) is 1. The molecule has 0 aromatic rings. The maximum atomic E-state index is 12.6. The Bertz CT molecular complexity index is 369. The number of nitrogens with one attached hydrogen (secondary N) is 1. The fraction of sp³-hybridized carbons (Fsp3) is 0.857. The summed E-state index contributed by atoms with van der Waals surface area (Å²) in [5.74, 6) is 0.456. The predicted molar refractivity (Wildman–Crippen MR) is 80.0 cm³/mol.